The molecule has 7 N–H and O–H groups in total. The minimum atomic E-state index is -1.17. The van der Waals surface area contributed by atoms with Gasteiger partial charge in [-0.15, -0.1) is 0 Å². The molecule has 0 spiro atoms. The number of hydrogen-bond acceptors (Lipinski definition) is 6. The van der Waals surface area contributed by atoms with Crippen LogP contribution < -0.4 is 11.1 Å². The number of phenols is 1. The summed E-state index contributed by atoms with van der Waals surface area (Å²) in [5, 5.41) is 36.5. The number of carboxylic acids is 3. The van der Waals surface area contributed by atoms with E-state index in [4.69, 9.17) is 37.8 Å². The van der Waals surface area contributed by atoms with Gasteiger partial charge in [0, 0.05) is 6.42 Å². The number of phenolic OH excluding ortho intramolecular Hbond substituents is 1. The molecule has 10 heteroatoms. The van der Waals surface area contributed by atoms with Gasteiger partial charge in [-0.3, -0.25) is 14.4 Å². The van der Waals surface area contributed by atoms with Crippen molar-refractivity contribution in [3.8, 4) is 5.75 Å². The van der Waals surface area contributed by atoms with E-state index in [9.17, 15) is 14.4 Å². The zero-order chi connectivity index (χ0) is 18.0. The third kappa shape index (κ3) is 9.17. The first kappa shape index (κ1) is 20.5. The van der Waals surface area contributed by atoms with Gasteiger partial charge in [0.05, 0.1) is 5.69 Å². The second kappa shape index (κ2) is 10.2. The first-order valence-corrected chi connectivity index (χ1v) is 6.66. The monoisotopic (exact) mass is 348 g/mol. The predicted octanol–water partition coefficient (Wildman–Crippen LogP) is 0.805. The van der Waals surface area contributed by atoms with Crippen LogP contribution in [0.25, 0.3) is 0 Å². The number of aromatic hydroxyl groups is 1. The first-order valence-electron chi connectivity index (χ1n) is 6.28. The van der Waals surface area contributed by atoms with Crippen molar-refractivity contribution in [2.24, 2.45) is 5.73 Å². The zero-order valence-corrected chi connectivity index (χ0v) is 12.7. The van der Waals surface area contributed by atoms with Crippen LogP contribution in [-0.2, 0) is 14.4 Å². The van der Waals surface area contributed by atoms with Gasteiger partial charge in [0.15, 0.2) is 0 Å². The van der Waals surface area contributed by atoms with Gasteiger partial charge in [-0.25, -0.2) is 0 Å². The van der Waals surface area contributed by atoms with Crippen molar-refractivity contribution < 1.29 is 34.8 Å². The third-order valence-corrected chi connectivity index (χ3v) is 2.79. The Hall–Kier alpha value is -2.52. The van der Waals surface area contributed by atoms with E-state index in [0.717, 1.165) is 0 Å². The second-order valence-electron chi connectivity index (χ2n) is 4.26. The molecule has 1 rings (SSSR count). The number of benzene rings is 1. The SMILES string of the molecule is NC(CCC(=O)O)C(=O)O.O=C(O)CNc1cccc(O)c1Cl. The van der Waals surface area contributed by atoms with Crippen LogP contribution in [0.5, 0.6) is 5.75 Å². The largest absolute Gasteiger partial charge is 0.506 e. The van der Waals surface area contributed by atoms with E-state index >= 15 is 0 Å². The Morgan fingerprint density at radius 3 is 2.26 bits per heavy atom. The standard InChI is InChI=1S/C8H8ClNO3.C5H9NO4/c9-8-5(10-4-7(12)13)2-1-3-6(8)11;6-3(5(9)10)1-2-4(7)8/h1-3,10-11H,4H2,(H,12,13);3H,1-2,6H2,(H,7,8)(H,9,10). The Morgan fingerprint density at radius 2 is 1.78 bits per heavy atom. The number of anilines is 1. The number of nitrogens with two attached hydrogens (primary N) is 1. The lowest BCUT2D eigenvalue weighted by Gasteiger charge is -2.06. The number of carboxylic acid groups (broad SMARTS) is 3. The van der Waals surface area contributed by atoms with Crippen molar-refractivity contribution in [1.82, 2.24) is 0 Å². The van der Waals surface area contributed by atoms with Gasteiger partial charge in [0.1, 0.15) is 23.4 Å². The van der Waals surface area contributed by atoms with Gasteiger partial charge in [0.2, 0.25) is 0 Å². The van der Waals surface area contributed by atoms with Crippen molar-refractivity contribution in [3.63, 3.8) is 0 Å². The highest BCUT2D eigenvalue weighted by atomic mass is 35.5. The van der Waals surface area contributed by atoms with E-state index in [1.165, 1.54) is 6.07 Å². The Bertz CT molecular complexity index is 565. The van der Waals surface area contributed by atoms with Gasteiger partial charge < -0.3 is 31.5 Å². The summed E-state index contributed by atoms with van der Waals surface area (Å²) < 4.78 is 0. The summed E-state index contributed by atoms with van der Waals surface area (Å²) in [6.45, 7) is -0.233. The van der Waals surface area contributed by atoms with Gasteiger partial charge in [0.25, 0.3) is 0 Å². The fourth-order valence-electron chi connectivity index (χ4n) is 1.23. The molecule has 128 valence electrons. The molecule has 1 unspecified atom stereocenters. The minimum Gasteiger partial charge on any atom is -0.506 e. The van der Waals surface area contributed by atoms with Crippen LogP contribution in [0.2, 0.25) is 5.02 Å². The van der Waals surface area contributed by atoms with Crippen LogP contribution in [-0.4, -0.2) is 50.9 Å². The molecule has 9 nitrogen and oxygen atoms in total. The van der Waals surface area contributed by atoms with Gasteiger partial charge >= 0.3 is 17.9 Å². The summed E-state index contributed by atoms with van der Waals surface area (Å²) >= 11 is 5.67. The zero-order valence-electron chi connectivity index (χ0n) is 11.9. The van der Waals surface area contributed by atoms with E-state index in [0.29, 0.717) is 5.69 Å². The van der Waals surface area contributed by atoms with Crippen LogP contribution in [0.4, 0.5) is 5.69 Å². The lowest BCUT2D eigenvalue weighted by molar-refractivity contribution is -0.140. The highest BCUT2D eigenvalue weighted by Gasteiger charge is 2.12. The Morgan fingerprint density at radius 1 is 1.17 bits per heavy atom. The number of nitrogens with one attached hydrogen (secondary N) is 1. The third-order valence-electron chi connectivity index (χ3n) is 2.39. The van der Waals surface area contributed by atoms with Crippen molar-refractivity contribution in [2.75, 3.05) is 11.9 Å². The molecule has 0 aliphatic carbocycles. The number of halogens is 1. The molecule has 0 bridgehead atoms. The van der Waals surface area contributed by atoms with Crippen molar-refractivity contribution in [2.45, 2.75) is 18.9 Å². The van der Waals surface area contributed by atoms with Crippen LogP contribution in [0.1, 0.15) is 12.8 Å². The fraction of sp³-hybridized carbons (Fsp3) is 0.308. The molecule has 23 heavy (non-hydrogen) atoms. The van der Waals surface area contributed by atoms with E-state index in [1.807, 2.05) is 0 Å². The maximum Gasteiger partial charge on any atom is 0.322 e. The number of carbonyl (C=O) groups is 3. The predicted molar refractivity (Wildman–Crippen MR) is 81.7 cm³/mol. The van der Waals surface area contributed by atoms with Crippen LogP contribution in [0.15, 0.2) is 18.2 Å². The van der Waals surface area contributed by atoms with Crippen molar-refractivity contribution >= 4 is 35.2 Å². The van der Waals surface area contributed by atoms with Gasteiger partial charge in [-0.05, 0) is 18.6 Å². The summed E-state index contributed by atoms with van der Waals surface area (Å²) in [4.78, 5) is 30.1. The van der Waals surface area contributed by atoms with E-state index in [1.54, 1.807) is 12.1 Å². The number of rotatable bonds is 7. The van der Waals surface area contributed by atoms with Crippen LogP contribution in [0, 0.1) is 0 Å². The quantitative estimate of drug-likeness (QED) is 0.417. The van der Waals surface area contributed by atoms with Crippen LogP contribution in [0.3, 0.4) is 0 Å². The molecule has 1 aromatic rings. The number of aliphatic carboxylic acids is 3. The summed E-state index contributed by atoms with van der Waals surface area (Å²) in [5.74, 6) is -3.26. The topological polar surface area (TPSA) is 170 Å². The first-order chi connectivity index (χ1) is 10.6. The maximum absolute atomic E-state index is 10.2. The number of hydrogen-bond donors (Lipinski definition) is 6. The highest BCUT2D eigenvalue weighted by Crippen LogP contribution is 2.30. The molecule has 0 fully saturated rings. The normalized spacial score (nSPS) is 10.9. The fourth-order valence-corrected chi connectivity index (χ4v) is 1.42. The Balaban J connectivity index is 0.000000438. The van der Waals surface area contributed by atoms with Crippen molar-refractivity contribution in [1.29, 1.82) is 0 Å². The van der Waals surface area contributed by atoms with Crippen molar-refractivity contribution in [3.05, 3.63) is 23.2 Å². The molecule has 0 saturated carbocycles. The smallest absolute Gasteiger partial charge is 0.322 e. The molecule has 0 heterocycles. The Labute approximate surface area is 136 Å². The molecule has 0 aromatic heterocycles. The van der Waals surface area contributed by atoms with E-state index < -0.39 is 23.9 Å². The summed E-state index contributed by atoms with van der Waals surface area (Å²) in [6, 6.07) is 3.53. The molecule has 0 aliphatic heterocycles. The molecular formula is C13H17ClN2O7. The molecule has 1 aromatic carbocycles. The maximum atomic E-state index is 10.2. The average Bonchev–Trinajstić information content (AvgIpc) is 2.46. The summed E-state index contributed by atoms with van der Waals surface area (Å²) in [7, 11) is 0. The lowest BCUT2D eigenvalue weighted by atomic mass is 10.2. The van der Waals surface area contributed by atoms with E-state index in [2.05, 4.69) is 5.32 Å². The van der Waals surface area contributed by atoms with Gasteiger partial charge in [-0.1, -0.05) is 17.7 Å². The summed E-state index contributed by atoms with van der Waals surface area (Å²) in [6.07, 6.45) is -0.224. The molecule has 1 atom stereocenters. The molecule has 0 aliphatic rings. The minimum absolute atomic E-state index is 0.0231. The molecule has 0 radical (unpaired) electrons. The molecule has 0 saturated heterocycles. The Kier molecular flexibility index (Phi) is 9.12. The summed E-state index contributed by atoms with van der Waals surface area (Å²) in [5.41, 5.74) is 5.41. The molecular weight excluding hydrogens is 332 g/mol. The lowest BCUT2D eigenvalue weighted by Crippen LogP contribution is -2.30. The average molecular weight is 349 g/mol. The van der Waals surface area contributed by atoms with Gasteiger partial charge in [-0.2, -0.15) is 0 Å². The highest BCUT2D eigenvalue weighted by molar-refractivity contribution is 6.34. The van der Waals surface area contributed by atoms with E-state index in [-0.39, 0.29) is 30.2 Å². The van der Waals surface area contributed by atoms with Crippen LogP contribution >= 0.6 is 11.6 Å². The second-order valence-corrected chi connectivity index (χ2v) is 4.64. The molecule has 0 amide bonds.